The Morgan fingerprint density at radius 1 is 1.27 bits per heavy atom. The minimum atomic E-state index is -1.92. The van der Waals surface area contributed by atoms with Gasteiger partial charge in [-0.05, 0) is 12.1 Å². The van der Waals surface area contributed by atoms with Gasteiger partial charge >= 0.3 is 0 Å². The van der Waals surface area contributed by atoms with Crippen molar-refractivity contribution in [2.45, 2.75) is 5.63 Å². The largest absolute Gasteiger partial charge is 0.225 e. The monoisotopic (exact) mass is 180 g/mol. The predicted octanol–water partition coefficient (Wildman–Crippen LogP) is 3.17. The molecule has 0 nitrogen and oxygen atoms in total. The van der Waals surface area contributed by atoms with E-state index in [0.29, 0.717) is 6.07 Å². The zero-order valence-electron chi connectivity index (χ0n) is 5.32. The Balaban J connectivity index is 3.09. The van der Waals surface area contributed by atoms with E-state index < -0.39 is 17.3 Å². The fourth-order valence-electron chi connectivity index (χ4n) is 0.678. The molecule has 0 saturated heterocycles. The van der Waals surface area contributed by atoms with Crippen LogP contribution in [0.2, 0.25) is 0 Å². The van der Waals surface area contributed by atoms with Gasteiger partial charge in [0.2, 0.25) is 5.63 Å². The molecular weight excluding hydrogens is 177 g/mol. The van der Waals surface area contributed by atoms with E-state index in [-0.39, 0.29) is 5.56 Å². The molecule has 0 aliphatic carbocycles. The summed E-state index contributed by atoms with van der Waals surface area (Å²) in [6.07, 6.45) is 0. The first kappa shape index (κ1) is 8.40. The summed E-state index contributed by atoms with van der Waals surface area (Å²) >= 11 is 4.93. The minimum Gasteiger partial charge on any atom is -0.225 e. The van der Waals surface area contributed by atoms with Crippen molar-refractivity contribution >= 4 is 11.6 Å². The van der Waals surface area contributed by atoms with Gasteiger partial charge in [0.25, 0.3) is 0 Å². The van der Waals surface area contributed by atoms with Gasteiger partial charge in [0, 0.05) is 11.6 Å². The molecule has 0 spiro atoms. The van der Waals surface area contributed by atoms with Crippen molar-refractivity contribution in [1.82, 2.24) is 0 Å². The van der Waals surface area contributed by atoms with E-state index >= 15 is 0 Å². The first-order valence-corrected chi connectivity index (χ1v) is 3.28. The van der Waals surface area contributed by atoms with E-state index in [0.717, 1.165) is 12.1 Å². The molecule has 0 aliphatic rings. The Morgan fingerprint density at radius 3 is 2.36 bits per heavy atom. The fourth-order valence-corrected chi connectivity index (χ4v) is 0.855. The fraction of sp³-hybridized carbons (Fsp3) is 0.143. The lowest BCUT2D eigenvalue weighted by atomic mass is 10.2. The third-order valence-electron chi connectivity index (χ3n) is 1.20. The average molecular weight is 181 g/mol. The molecule has 1 aromatic carbocycles. The Bertz CT molecular complexity index is 260. The molecule has 1 atom stereocenters. The summed E-state index contributed by atoms with van der Waals surface area (Å²) < 4.78 is 37.0. The summed E-state index contributed by atoms with van der Waals surface area (Å²) in [5, 5.41) is 0. The highest BCUT2D eigenvalue weighted by Gasteiger charge is 2.11. The first-order valence-electron chi connectivity index (χ1n) is 2.84. The molecule has 60 valence electrons. The summed E-state index contributed by atoms with van der Waals surface area (Å²) in [6.45, 7) is 0. The second kappa shape index (κ2) is 3.13. The third kappa shape index (κ3) is 1.87. The molecule has 0 radical (unpaired) electrons. The topological polar surface area (TPSA) is 0 Å². The molecular formula is C7H4ClF3. The van der Waals surface area contributed by atoms with Crippen molar-refractivity contribution in [2.75, 3.05) is 0 Å². The Hall–Kier alpha value is -0.700. The minimum absolute atomic E-state index is 0.340. The molecule has 4 heteroatoms. The summed E-state index contributed by atoms with van der Waals surface area (Å²) in [5.74, 6) is -1.71. The molecule has 0 heterocycles. The van der Waals surface area contributed by atoms with Crippen molar-refractivity contribution in [3.8, 4) is 0 Å². The van der Waals surface area contributed by atoms with E-state index in [2.05, 4.69) is 0 Å². The molecule has 0 amide bonds. The van der Waals surface area contributed by atoms with Crippen LogP contribution < -0.4 is 0 Å². The molecule has 1 unspecified atom stereocenters. The van der Waals surface area contributed by atoms with Crippen LogP contribution in [-0.4, -0.2) is 0 Å². The van der Waals surface area contributed by atoms with Crippen molar-refractivity contribution in [1.29, 1.82) is 0 Å². The molecule has 1 rings (SSSR count). The van der Waals surface area contributed by atoms with Gasteiger partial charge in [-0.25, -0.2) is 13.2 Å². The number of halogens is 4. The van der Waals surface area contributed by atoms with Crippen LogP contribution in [0.4, 0.5) is 13.2 Å². The van der Waals surface area contributed by atoms with E-state index in [4.69, 9.17) is 11.6 Å². The third-order valence-corrected chi connectivity index (χ3v) is 1.43. The van der Waals surface area contributed by atoms with Crippen molar-refractivity contribution < 1.29 is 13.2 Å². The van der Waals surface area contributed by atoms with Gasteiger partial charge in [-0.1, -0.05) is 11.6 Å². The number of hydrogen-bond acceptors (Lipinski definition) is 0. The molecule has 0 fully saturated rings. The van der Waals surface area contributed by atoms with Gasteiger partial charge in [-0.2, -0.15) is 0 Å². The van der Waals surface area contributed by atoms with Crippen LogP contribution in [0.3, 0.4) is 0 Å². The van der Waals surface area contributed by atoms with Crippen LogP contribution in [-0.2, 0) is 0 Å². The summed E-state index contributed by atoms with van der Waals surface area (Å²) in [7, 11) is 0. The van der Waals surface area contributed by atoms with E-state index in [1.807, 2.05) is 0 Å². The smallest absolute Gasteiger partial charge is 0.201 e. The van der Waals surface area contributed by atoms with E-state index in [9.17, 15) is 13.2 Å². The normalized spacial score (nSPS) is 13.1. The second-order valence-corrected chi connectivity index (χ2v) is 2.35. The van der Waals surface area contributed by atoms with Crippen LogP contribution in [0.15, 0.2) is 18.2 Å². The molecule has 0 aromatic heterocycles. The van der Waals surface area contributed by atoms with Gasteiger partial charge in [0.05, 0.1) is 0 Å². The number of hydrogen-bond donors (Lipinski definition) is 0. The van der Waals surface area contributed by atoms with E-state index in [1.165, 1.54) is 0 Å². The lowest BCUT2D eigenvalue weighted by Crippen LogP contribution is -1.89. The molecule has 1 aromatic rings. The second-order valence-electron chi connectivity index (χ2n) is 1.97. The number of alkyl halides is 2. The summed E-state index contributed by atoms with van der Waals surface area (Å²) in [5.41, 5.74) is -2.26. The van der Waals surface area contributed by atoms with Gasteiger partial charge in [-0.3, -0.25) is 0 Å². The maximum atomic E-state index is 12.5. The SMILES string of the molecule is Fc1ccc(C(F)Cl)c(F)c1. The summed E-state index contributed by atoms with van der Waals surface area (Å²) in [4.78, 5) is 0. The molecule has 0 N–H and O–H groups in total. The maximum Gasteiger partial charge on any atom is 0.201 e. The Kier molecular flexibility index (Phi) is 2.39. The van der Waals surface area contributed by atoms with Crippen LogP contribution in [0.25, 0.3) is 0 Å². The lowest BCUT2D eigenvalue weighted by Gasteiger charge is -2.00. The van der Waals surface area contributed by atoms with Crippen molar-refractivity contribution in [3.63, 3.8) is 0 Å². The molecule has 0 saturated carbocycles. The van der Waals surface area contributed by atoms with Gasteiger partial charge in [0.1, 0.15) is 11.6 Å². The number of rotatable bonds is 1. The lowest BCUT2D eigenvalue weighted by molar-refractivity contribution is 0.439. The summed E-state index contributed by atoms with van der Waals surface area (Å²) in [6, 6.07) is 2.51. The average Bonchev–Trinajstić information content (AvgIpc) is 1.85. The van der Waals surface area contributed by atoms with Crippen molar-refractivity contribution in [2.24, 2.45) is 0 Å². The van der Waals surface area contributed by atoms with E-state index in [1.54, 1.807) is 0 Å². The highest BCUT2D eigenvalue weighted by atomic mass is 35.5. The van der Waals surface area contributed by atoms with Gasteiger partial charge in [0.15, 0.2) is 0 Å². The van der Waals surface area contributed by atoms with Gasteiger partial charge < -0.3 is 0 Å². The van der Waals surface area contributed by atoms with Crippen LogP contribution in [0.1, 0.15) is 11.2 Å². The standard InChI is InChI=1S/C7H4ClF3/c8-7(11)5-2-1-4(9)3-6(5)10/h1-3,7H. The molecule has 11 heavy (non-hydrogen) atoms. The maximum absolute atomic E-state index is 12.5. The highest BCUT2D eigenvalue weighted by Crippen LogP contribution is 2.24. The molecule has 0 bridgehead atoms. The number of benzene rings is 1. The predicted molar refractivity (Wildman–Crippen MR) is 36.1 cm³/mol. The Labute approximate surface area is 66.6 Å². The zero-order valence-corrected chi connectivity index (χ0v) is 6.08. The van der Waals surface area contributed by atoms with Gasteiger partial charge in [-0.15, -0.1) is 0 Å². The first-order chi connectivity index (χ1) is 5.11. The van der Waals surface area contributed by atoms with Crippen molar-refractivity contribution in [3.05, 3.63) is 35.4 Å². The molecule has 0 aliphatic heterocycles. The van der Waals surface area contributed by atoms with Crippen LogP contribution in [0.5, 0.6) is 0 Å². The van der Waals surface area contributed by atoms with Crippen LogP contribution in [0, 0.1) is 11.6 Å². The quantitative estimate of drug-likeness (QED) is 0.583. The zero-order chi connectivity index (χ0) is 8.43. The van der Waals surface area contributed by atoms with Crippen LogP contribution >= 0.6 is 11.6 Å². The Morgan fingerprint density at radius 2 is 1.91 bits per heavy atom. The highest BCUT2D eigenvalue weighted by molar-refractivity contribution is 6.19.